The summed E-state index contributed by atoms with van der Waals surface area (Å²) in [6.45, 7) is 9.02. The summed E-state index contributed by atoms with van der Waals surface area (Å²) in [5.41, 5.74) is 1.25. The van der Waals surface area contributed by atoms with Crippen molar-refractivity contribution in [2.45, 2.75) is 71.8 Å². The predicted octanol–water partition coefficient (Wildman–Crippen LogP) is 3.65. The van der Waals surface area contributed by atoms with Crippen molar-refractivity contribution in [2.24, 2.45) is 10.4 Å². The van der Waals surface area contributed by atoms with Crippen LogP contribution in [0.2, 0.25) is 0 Å². The number of aromatic nitrogens is 1. The van der Waals surface area contributed by atoms with Crippen LogP contribution >= 0.6 is 11.3 Å². The Labute approximate surface area is 156 Å². The topological polar surface area (TPSA) is 69.5 Å². The van der Waals surface area contributed by atoms with Crippen molar-refractivity contribution in [1.29, 1.82) is 0 Å². The summed E-state index contributed by atoms with van der Waals surface area (Å²) in [4.78, 5) is 9.37. The van der Waals surface area contributed by atoms with Crippen LogP contribution in [0, 0.1) is 5.41 Å². The van der Waals surface area contributed by atoms with Gasteiger partial charge >= 0.3 is 0 Å². The van der Waals surface area contributed by atoms with Crippen LogP contribution in [0.4, 0.5) is 0 Å². The second-order valence-electron chi connectivity index (χ2n) is 7.41. The molecule has 1 heterocycles. The molecule has 0 atom stereocenters. The molecule has 1 aromatic rings. The van der Waals surface area contributed by atoms with E-state index >= 15 is 0 Å². The van der Waals surface area contributed by atoms with Crippen molar-refractivity contribution >= 4 is 17.3 Å². The number of rotatable bonds is 8. The summed E-state index contributed by atoms with van der Waals surface area (Å²) in [6.07, 6.45) is 7.14. The molecule has 142 valence electrons. The van der Waals surface area contributed by atoms with E-state index in [1.807, 2.05) is 0 Å². The van der Waals surface area contributed by atoms with Crippen LogP contribution in [-0.4, -0.2) is 35.7 Å². The van der Waals surface area contributed by atoms with E-state index in [9.17, 15) is 5.11 Å². The lowest BCUT2D eigenvalue weighted by Crippen LogP contribution is -2.44. The minimum Gasteiger partial charge on any atom is -0.396 e. The highest BCUT2D eigenvalue weighted by atomic mass is 32.1. The number of aliphatic hydroxyl groups is 1. The number of aliphatic hydroxyl groups excluding tert-OH is 1. The summed E-state index contributed by atoms with van der Waals surface area (Å²) in [5.74, 6) is 1.32. The third kappa shape index (κ3) is 6.26. The summed E-state index contributed by atoms with van der Waals surface area (Å²) in [7, 11) is 0. The third-order valence-electron chi connectivity index (χ3n) is 4.99. The zero-order valence-corrected chi connectivity index (χ0v) is 16.8. The maximum absolute atomic E-state index is 9.47. The normalized spacial score (nSPS) is 17.7. The molecule has 0 unspecified atom stereocenters. The fraction of sp³-hybridized carbons (Fsp3) is 0.789. The molecule has 1 saturated carbocycles. The van der Waals surface area contributed by atoms with Crippen LogP contribution in [0.25, 0.3) is 0 Å². The zero-order valence-electron chi connectivity index (χ0n) is 16.0. The Balaban J connectivity index is 1.96. The van der Waals surface area contributed by atoms with E-state index < -0.39 is 0 Å². The van der Waals surface area contributed by atoms with Gasteiger partial charge in [-0.3, -0.25) is 0 Å². The molecule has 5 nitrogen and oxygen atoms in total. The maximum atomic E-state index is 9.47. The van der Waals surface area contributed by atoms with Gasteiger partial charge in [0, 0.05) is 31.0 Å². The Morgan fingerprint density at radius 3 is 2.68 bits per heavy atom. The molecule has 0 saturated heterocycles. The zero-order chi connectivity index (χ0) is 18.1. The Morgan fingerprint density at radius 2 is 2.08 bits per heavy atom. The number of guanidine groups is 1. The van der Waals surface area contributed by atoms with Crippen molar-refractivity contribution in [1.82, 2.24) is 15.6 Å². The molecule has 0 bridgehead atoms. The molecule has 0 aromatic carbocycles. The van der Waals surface area contributed by atoms with Crippen LogP contribution in [-0.2, 0) is 6.54 Å². The second kappa shape index (κ2) is 10.1. The van der Waals surface area contributed by atoms with Crippen molar-refractivity contribution in [3.05, 3.63) is 16.1 Å². The van der Waals surface area contributed by atoms with Crippen LogP contribution in [0.3, 0.4) is 0 Å². The standard InChI is InChI=1S/C19H34N4OS/c1-4-20-18(21-12-16-13-25-17(23-16)15(2)3)22-14-19(10-11-24)8-6-5-7-9-19/h13,15,24H,4-12,14H2,1-3H3,(H2,20,21,22). The van der Waals surface area contributed by atoms with Gasteiger partial charge in [-0.25, -0.2) is 9.98 Å². The van der Waals surface area contributed by atoms with Gasteiger partial charge < -0.3 is 15.7 Å². The average Bonchev–Trinajstić information content (AvgIpc) is 3.08. The lowest BCUT2D eigenvalue weighted by molar-refractivity contribution is 0.131. The first-order valence-corrected chi connectivity index (χ1v) is 10.5. The van der Waals surface area contributed by atoms with Crippen molar-refractivity contribution < 1.29 is 5.11 Å². The monoisotopic (exact) mass is 366 g/mol. The van der Waals surface area contributed by atoms with Crippen LogP contribution in [0.1, 0.15) is 75.9 Å². The summed E-state index contributed by atoms with van der Waals surface area (Å²) < 4.78 is 0. The van der Waals surface area contributed by atoms with Gasteiger partial charge in [0.05, 0.1) is 17.2 Å². The number of aliphatic imine (C=N–C) groups is 1. The summed E-state index contributed by atoms with van der Waals surface area (Å²) >= 11 is 1.72. The number of thiazole rings is 1. The van der Waals surface area contributed by atoms with E-state index in [0.29, 0.717) is 12.5 Å². The molecule has 0 radical (unpaired) electrons. The largest absolute Gasteiger partial charge is 0.396 e. The fourth-order valence-corrected chi connectivity index (χ4v) is 4.31. The number of hydrogen-bond acceptors (Lipinski definition) is 4. The molecule has 1 aliphatic rings. The Hall–Kier alpha value is -1.14. The molecule has 25 heavy (non-hydrogen) atoms. The average molecular weight is 367 g/mol. The van der Waals surface area contributed by atoms with Gasteiger partial charge in [0.1, 0.15) is 0 Å². The summed E-state index contributed by atoms with van der Waals surface area (Å²) in [5, 5.41) is 19.6. The van der Waals surface area contributed by atoms with E-state index in [-0.39, 0.29) is 12.0 Å². The highest BCUT2D eigenvalue weighted by Crippen LogP contribution is 2.38. The predicted molar refractivity (Wildman–Crippen MR) is 106 cm³/mol. The van der Waals surface area contributed by atoms with Gasteiger partial charge in [-0.1, -0.05) is 33.1 Å². The van der Waals surface area contributed by atoms with Crippen molar-refractivity contribution in [3.63, 3.8) is 0 Å². The van der Waals surface area contributed by atoms with Crippen LogP contribution < -0.4 is 10.6 Å². The van der Waals surface area contributed by atoms with E-state index in [2.05, 4.69) is 41.8 Å². The molecule has 6 heteroatoms. The highest BCUT2D eigenvalue weighted by Gasteiger charge is 2.31. The second-order valence-corrected chi connectivity index (χ2v) is 8.30. The Bertz CT molecular complexity index is 530. The fourth-order valence-electron chi connectivity index (χ4n) is 3.49. The quantitative estimate of drug-likeness (QED) is 0.485. The van der Waals surface area contributed by atoms with Gasteiger partial charge in [0.2, 0.25) is 0 Å². The minimum atomic E-state index is 0.217. The molecular formula is C19H34N4OS. The number of nitrogens with zero attached hydrogens (tertiary/aromatic N) is 2. The summed E-state index contributed by atoms with van der Waals surface area (Å²) in [6, 6.07) is 0. The van der Waals surface area contributed by atoms with E-state index in [4.69, 9.17) is 4.99 Å². The Kier molecular flexibility index (Phi) is 8.16. The van der Waals surface area contributed by atoms with Crippen LogP contribution in [0.15, 0.2) is 10.4 Å². The molecule has 2 rings (SSSR count). The first-order chi connectivity index (χ1) is 12.1. The molecule has 0 amide bonds. The first-order valence-electron chi connectivity index (χ1n) is 9.66. The molecular weight excluding hydrogens is 332 g/mol. The first kappa shape index (κ1) is 20.2. The SMILES string of the molecule is CCNC(=NCc1csc(C(C)C)n1)NCC1(CCO)CCCCC1. The van der Waals surface area contributed by atoms with Gasteiger partial charge in [-0.2, -0.15) is 0 Å². The Morgan fingerprint density at radius 1 is 1.32 bits per heavy atom. The van der Waals surface area contributed by atoms with Crippen LogP contribution in [0.5, 0.6) is 0 Å². The van der Waals surface area contributed by atoms with Gasteiger partial charge in [0.25, 0.3) is 0 Å². The van der Waals surface area contributed by atoms with E-state index in [1.165, 1.54) is 37.1 Å². The molecule has 0 aliphatic heterocycles. The molecule has 1 fully saturated rings. The smallest absolute Gasteiger partial charge is 0.191 e. The molecule has 1 aromatic heterocycles. The number of nitrogens with one attached hydrogen (secondary N) is 2. The lowest BCUT2D eigenvalue weighted by Gasteiger charge is -2.37. The van der Waals surface area contributed by atoms with Crippen molar-refractivity contribution in [2.75, 3.05) is 19.7 Å². The number of hydrogen-bond donors (Lipinski definition) is 3. The third-order valence-corrected chi connectivity index (χ3v) is 6.19. The van der Waals surface area contributed by atoms with Gasteiger partial charge in [-0.05, 0) is 31.6 Å². The molecule has 3 N–H and O–H groups in total. The highest BCUT2D eigenvalue weighted by molar-refractivity contribution is 7.09. The molecule has 0 spiro atoms. The lowest BCUT2D eigenvalue weighted by atomic mass is 9.72. The maximum Gasteiger partial charge on any atom is 0.191 e. The molecule has 1 aliphatic carbocycles. The van der Waals surface area contributed by atoms with Crippen molar-refractivity contribution in [3.8, 4) is 0 Å². The van der Waals surface area contributed by atoms with Gasteiger partial charge in [-0.15, -0.1) is 11.3 Å². The minimum absolute atomic E-state index is 0.217. The van der Waals surface area contributed by atoms with E-state index in [1.54, 1.807) is 11.3 Å². The van der Waals surface area contributed by atoms with E-state index in [0.717, 1.165) is 31.2 Å². The van der Waals surface area contributed by atoms with Gasteiger partial charge in [0.15, 0.2) is 5.96 Å².